The number of ketones is 1. The second-order valence-electron chi connectivity index (χ2n) is 8.70. The number of aliphatic imine (C=N–C) groups is 1. The standard InChI is InChI=1S/C26H32N2O6S/c1-16(29)22-24(33-15-18-8-12-20(31-5)13-9-18)23(21-25(34-22)35-26(27-21)28(2)3)32-14-17-6-10-19(30-4)11-7-17/h6-13,21-25H,14-15H2,1-5H3/t21-,22-,23-,24+,25-/m1/s1. The first-order valence-corrected chi connectivity index (χ1v) is 12.3. The smallest absolute Gasteiger partial charge is 0.161 e. The van der Waals surface area contributed by atoms with Gasteiger partial charge in [-0.25, -0.2) is 0 Å². The van der Waals surface area contributed by atoms with E-state index in [1.807, 2.05) is 67.5 Å². The first-order chi connectivity index (χ1) is 16.9. The van der Waals surface area contributed by atoms with E-state index in [-0.39, 0.29) is 17.3 Å². The Morgan fingerprint density at radius 3 is 1.89 bits per heavy atom. The van der Waals surface area contributed by atoms with Crippen molar-refractivity contribution in [3.63, 3.8) is 0 Å². The molecule has 1 fully saturated rings. The molecule has 2 aliphatic heterocycles. The van der Waals surface area contributed by atoms with E-state index in [2.05, 4.69) is 0 Å². The Kier molecular flexibility index (Phi) is 8.33. The maximum atomic E-state index is 12.7. The van der Waals surface area contributed by atoms with Crippen molar-refractivity contribution in [3.05, 3.63) is 59.7 Å². The third kappa shape index (κ3) is 5.98. The van der Waals surface area contributed by atoms with Gasteiger partial charge in [0, 0.05) is 14.1 Å². The van der Waals surface area contributed by atoms with Crippen LogP contribution in [-0.2, 0) is 32.2 Å². The van der Waals surface area contributed by atoms with E-state index in [4.69, 9.17) is 28.7 Å². The van der Waals surface area contributed by atoms with Crippen LogP contribution in [0.4, 0.5) is 0 Å². The van der Waals surface area contributed by atoms with Crippen LogP contribution in [0.5, 0.6) is 11.5 Å². The number of carbonyl (C=O) groups is 1. The van der Waals surface area contributed by atoms with Crippen LogP contribution in [0, 0.1) is 0 Å². The van der Waals surface area contributed by atoms with Crippen molar-refractivity contribution in [1.82, 2.24) is 4.90 Å². The van der Waals surface area contributed by atoms with Crippen molar-refractivity contribution in [3.8, 4) is 11.5 Å². The second-order valence-corrected chi connectivity index (χ2v) is 9.76. The summed E-state index contributed by atoms with van der Waals surface area (Å²) in [6.45, 7) is 2.18. The Balaban J connectivity index is 1.57. The fraction of sp³-hybridized carbons (Fsp3) is 0.462. The van der Waals surface area contributed by atoms with Crippen molar-refractivity contribution in [2.45, 2.75) is 49.9 Å². The number of amidine groups is 1. The lowest BCUT2D eigenvalue weighted by Gasteiger charge is -2.41. The lowest BCUT2D eigenvalue weighted by atomic mass is 9.95. The monoisotopic (exact) mass is 500 g/mol. The molecule has 0 aromatic heterocycles. The summed E-state index contributed by atoms with van der Waals surface area (Å²) in [4.78, 5) is 19.5. The zero-order valence-corrected chi connectivity index (χ0v) is 21.5. The van der Waals surface area contributed by atoms with Crippen LogP contribution in [0.15, 0.2) is 53.5 Å². The Bertz CT molecular complexity index is 1030. The molecule has 0 aliphatic carbocycles. The molecule has 2 aromatic carbocycles. The van der Waals surface area contributed by atoms with Gasteiger partial charge in [0.15, 0.2) is 11.0 Å². The fourth-order valence-corrected chi connectivity index (χ4v) is 5.20. The number of hydrogen-bond acceptors (Lipinski definition) is 9. The van der Waals surface area contributed by atoms with Crippen LogP contribution in [0.2, 0.25) is 0 Å². The molecule has 4 rings (SSSR count). The maximum Gasteiger partial charge on any atom is 0.161 e. The molecule has 2 aromatic rings. The van der Waals surface area contributed by atoms with Gasteiger partial charge in [-0.1, -0.05) is 36.0 Å². The molecule has 0 saturated carbocycles. The summed E-state index contributed by atoms with van der Waals surface area (Å²) >= 11 is 1.51. The van der Waals surface area contributed by atoms with E-state index in [1.54, 1.807) is 14.2 Å². The van der Waals surface area contributed by atoms with E-state index in [1.165, 1.54) is 18.7 Å². The minimum atomic E-state index is -0.750. The minimum Gasteiger partial charge on any atom is -0.497 e. The molecule has 0 N–H and O–H groups in total. The lowest BCUT2D eigenvalue weighted by molar-refractivity contribution is -0.198. The van der Waals surface area contributed by atoms with Crippen LogP contribution in [0.3, 0.4) is 0 Å². The third-order valence-corrected chi connectivity index (χ3v) is 7.29. The summed E-state index contributed by atoms with van der Waals surface area (Å²) in [5.41, 5.74) is 1.63. The predicted molar refractivity (Wildman–Crippen MR) is 135 cm³/mol. The van der Waals surface area contributed by atoms with Gasteiger partial charge in [-0.15, -0.1) is 0 Å². The minimum absolute atomic E-state index is 0.0971. The Morgan fingerprint density at radius 2 is 1.43 bits per heavy atom. The summed E-state index contributed by atoms with van der Waals surface area (Å²) in [6, 6.07) is 15.1. The van der Waals surface area contributed by atoms with Gasteiger partial charge in [-0.2, -0.15) is 0 Å². The number of thioether (sulfide) groups is 1. The Hall–Kier alpha value is -2.59. The average molecular weight is 501 g/mol. The van der Waals surface area contributed by atoms with Crippen LogP contribution in [-0.4, -0.2) is 74.0 Å². The Labute approximate surface area is 210 Å². The number of methoxy groups -OCH3 is 2. The summed E-state index contributed by atoms with van der Waals surface area (Å²) in [5.74, 6) is 1.46. The van der Waals surface area contributed by atoms with Gasteiger partial charge in [0.25, 0.3) is 0 Å². The molecule has 1 saturated heterocycles. The first-order valence-electron chi connectivity index (χ1n) is 11.5. The van der Waals surface area contributed by atoms with Crippen LogP contribution in [0.25, 0.3) is 0 Å². The van der Waals surface area contributed by atoms with Crippen molar-refractivity contribution in [1.29, 1.82) is 0 Å². The number of ether oxygens (including phenoxy) is 5. The second kappa shape index (κ2) is 11.4. The molecule has 188 valence electrons. The number of nitrogens with zero attached hydrogens (tertiary/aromatic N) is 2. The summed E-state index contributed by atoms with van der Waals surface area (Å²) in [7, 11) is 7.15. The maximum absolute atomic E-state index is 12.7. The third-order valence-electron chi connectivity index (χ3n) is 5.99. The topological polar surface area (TPSA) is 78.8 Å². The van der Waals surface area contributed by atoms with Gasteiger partial charge < -0.3 is 28.6 Å². The van der Waals surface area contributed by atoms with Gasteiger partial charge in [-0.3, -0.25) is 9.79 Å². The predicted octanol–water partition coefficient (Wildman–Crippen LogP) is 3.52. The van der Waals surface area contributed by atoms with Crippen molar-refractivity contribution >= 4 is 22.7 Å². The van der Waals surface area contributed by atoms with E-state index < -0.39 is 18.3 Å². The van der Waals surface area contributed by atoms with Gasteiger partial charge in [-0.05, 0) is 42.3 Å². The van der Waals surface area contributed by atoms with E-state index in [0.29, 0.717) is 13.2 Å². The molecule has 9 heteroatoms. The summed E-state index contributed by atoms with van der Waals surface area (Å²) < 4.78 is 29.5. The van der Waals surface area contributed by atoms with Gasteiger partial charge in [0.05, 0.1) is 27.4 Å². The molecule has 0 radical (unpaired) electrons. The van der Waals surface area contributed by atoms with Crippen molar-refractivity contribution < 1.29 is 28.5 Å². The SMILES string of the molecule is COc1ccc(CO[C@@H]2[C@H]3N=C(N(C)C)S[C@H]3O[C@H](C(C)=O)[C@@H]2OCc2ccc(OC)cc2)cc1. The summed E-state index contributed by atoms with van der Waals surface area (Å²) in [5, 5.41) is 0.844. The molecular formula is C26H32N2O6S. The van der Waals surface area contributed by atoms with Gasteiger partial charge >= 0.3 is 0 Å². The van der Waals surface area contributed by atoms with Gasteiger partial charge in [0.1, 0.15) is 41.3 Å². The van der Waals surface area contributed by atoms with E-state index in [0.717, 1.165) is 27.8 Å². The number of fused-ring (bicyclic) bond motifs is 1. The molecule has 35 heavy (non-hydrogen) atoms. The highest BCUT2D eigenvalue weighted by molar-refractivity contribution is 8.14. The molecule has 0 bridgehead atoms. The molecule has 2 aliphatic rings. The zero-order valence-electron chi connectivity index (χ0n) is 20.7. The highest BCUT2D eigenvalue weighted by Gasteiger charge is 2.52. The summed E-state index contributed by atoms with van der Waals surface area (Å²) in [6.07, 6.45) is -1.83. The van der Waals surface area contributed by atoms with Crippen molar-refractivity contribution in [2.75, 3.05) is 28.3 Å². The quantitative estimate of drug-likeness (QED) is 0.518. The highest BCUT2D eigenvalue weighted by Crippen LogP contribution is 2.40. The highest BCUT2D eigenvalue weighted by atomic mass is 32.2. The van der Waals surface area contributed by atoms with Crippen molar-refractivity contribution in [2.24, 2.45) is 4.99 Å². The molecule has 0 spiro atoms. The van der Waals surface area contributed by atoms with Crippen LogP contribution in [0.1, 0.15) is 18.1 Å². The van der Waals surface area contributed by atoms with E-state index in [9.17, 15) is 4.79 Å². The van der Waals surface area contributed by atoms with E-state index >= 15 is 0 Å². The molecule has 5 atom stereocenters. The lowest BCUT2D eigenvalue weighted by Crippen LogP contribution is -2.58. The number of Topliss-reactive ketones (excluding diaryl/α,β-unsaturated/α-hetero) is 1. The normalized spacial score (nSPS) is 25.5. The molecule has 2 heterocycles. The zero-order chi connectivity index (χ0) is 24.9. The molecular weight excluding hydrogens is 468 g/mol. The molecule has 8 nitrogen and oxygen atoms in total. The fourth-order valence-electron chi connectivity index (χ4n) is 4.07. The molecule has 0 amide bonds. The number of carbonyl (C=O) groups excluding carboxylic acids is 1. The van der Waals surface area contributed by atoms with Crippen LogP contribution < -0.4 is 9.47 Å². The Morgan fingerprint density at radius 1 is 0.914 bits per heavy atom. The van der Waals surface area contributed by atoms with Gasteiger partial charge in [0.2, 0.25) is 0 Å². The number of hydrogen-bond donors (Lipinski definition) is 0. The van der Waals surface area contributed by atoms with Crippen LogP contribution >= 0.6 is 11.8 Å². The average Bonchev–Trinajstić information content (AvgIpc) is 3.31. The first kappa shape index (κ1) is 25.5. The molecule has 0 unspecified atom stereocenters. The number of benzene rings is 2. The largest absolute Gasteiger partial charge is 0.497 e. The number of rotatable bonds is 9.